The number of benzene rings is 3. The molecule has 11 nitrogen and oxygen atoms in total. The summed E-state index contributed by atoms with van der Waals surface area (Å²) in [4.78, 5) is 45.4. The van der Waals surface area contributed by atoms with Crippen LogP contribution in [0.2, 0.25) is 0 Å². The van der Waals surface area contributed by atoms with Crippen LogP contribution >= 0.6 is 0 Å². The van der Waals surface area contributed by atoms with Crippen LogP contribution in [0.3, 0.4) is 0 Å². The first-order chi connectivity index (χ1) is 20.6. The molecular weight excluding hydrogens is 554 g/mol. The minimum absolute atomic E-state index is 0.0179. The predicted molar refractivity (Wildman–Crippen MR) is 153 cm³/mol. The second kappa shape index (κ2) is 9.15. The van der Waals surface area contributed by atoms with Crippen molar-refractivity contribution in [3.8, 4) is 39.9 Å². The second-order valence-electron chi connectivity index (χ2n) is 10.6. The largest absolute Gasteiger partial charge is 0.508 e. The summed E-state index contributed by atoms with van der Waals surface area (Å²) in [5, 5.41) is 49.0. The van der Waals surface area contributed by atoms with Gasteiger partial charge in [-0.2, -0.15) is 5.10 Å². The highest BCUT2D eigenvalue weighted by molar-refractivity contribution is 6.32. The van der Waals surface area contributed by atoms with Crippen molar-refractivity contribution in [3.05, 3.63) is 97.7 Å². The minimum atomic E-state index is -0.817. The summed E-state index contributed by atoms with van der Waals surface area (Å²) in [5.74, 6) is -3.47. The van der Waals surface area contributed by atoms with Gasteiger partial charge in [-0.3, -0.25) is 19.4 Å². The normalized spacial score (nSPS) is 13.3. The van der Waals surface area contributed by atoms with Gasteiger partial charge in [0.2, 0.25) is 5.78 Å². The van der Waals surface area contributed by atoms with Crippen molar-refractivity contribution < 1.29 is 34.8 Å². The molecule has 0 unspecified atom stereocenters. The molecule has 2 aliphatic carbocycles. The zero-order valence-corrected chi connectivity index (χ0v) is 22.9. The topological polar surface area (TPSA) is 172 Å². The van der Waals surface area contributed by atoms with Crippen molar-refractivity contribution in [3.63, 3.8) is 0 Å². The monoisotopic (exact) mass is 577 g/mol. The number of ketones is 2. The molecule has 2 heterocycles. The Morgan fingerprint density at radius 2 is 1.67 bits per heavy atom. The SMILES string of the molecule is COc1c2c(c(O)c3c1C(=O)c1c(cc(O)c(C)c1O)C3=O)-c1c(cc3cnn(Cc4ccccn4)c(=O)c3c1O)CC2. The Kier molecular flexibility index (Phi) is 5.57. The van der Waals surface area contributed by atoms with Gasteiger partial charge in [0.05, 0.1) is 47.6 Å². The van der Waals surface area contributed by atoms with Gasteiger partial charge in [0.15, 0.2) is 5.78 Å². The molecule has 0 spiro atoms. The van der Waals surface area contributed by atoms with Crippen LogP contribution in [0.1, 0.15) is 54.2 Å². The first-order valence-corrected chi connectivity index (χ1v) is 13.4. The molecule has 0 saturated heterocycles. The van der Waals surface area contributed by atoms with Crippen molar-refractivity contribution in [1.82, 2.24) is 14.8 Å². The second-order valence-corrected chi connectivity index (χ2v) is 10.6. The number of phenolic OH excluding ortho intramolecular Hbond substituents is 4. The molecule has 11 heteroatoms. The molecule has 5 aromatic rings. The van der Waals surface area contributed by atoms with E-state index in [4.69, 9.17) is 4.74 Å². The summed E-state index contributed by atoms with van der Waals surface area (Å²) in [5.41, 5.74) is 0.0167. The van der Waals surface area contributed by atoms with Crippen molar-refractivity contribution in [1.29, 1.82) is 0 Å². The van der Waals surface area contributed by atoms with Crippen molar-refractivity contribution in [2.75, 3.05) is 7.11 Å². The third kappa shape index (κ3) is 3.51. The van der Waals surface area contributed by atoms with Crippen LogP contribution in [0.15, 0.2) is 47.5 Å². The Morgan fingerprint density at radius 3 is 2.40 bits per heavy atom. The summed E-state index contributed by atoms with van der Waals surface area (Å²) >= 11 is 0. The summed E-state index contributed by atoms with van der Waals surface area (Å²) in [7, 11) is 1.32. The van der Waals surface area contributed by atoms with E-state index in [0.717, 1.165) is 6.07 Å². The fourth-order valence-corrected chi connectivity index (χ4v) is 6.24. The number of nitrogens with zero attached hydrogens (tertiary/aromatic N) is 3. The molecular formula is C32H23N3O8. The highest BCUT2D eigenvalue weighted by atomic mass is 16.5. The third-order valence-electron chi connectivity index (χ3n) is 8.31. The molecule has 4 N–H and O–H groups in total. The molecule has 0 atom stereocenters. The zero-order valence-electron chi connectivity index (χ0n) is 22.9. The van der Waals surface area contributed by atoms with Crippen LogP contribution in [0.25, 0.3) is 21.9 Å². The number of fused-ring (bicyclic) bond motifs is 6. The lowest BCUT2D eigenvalue weighted by atomic mass is 9.75. The maximum Gasteiger partial charge on any atom is 0.278 e. The predicted octanol–water partition coefficient (Wildman–Crippen LogP) is 3.52. The molecule has 0 bridgehead atoms. The van der Waals surface area contributed by atoms with Gasteiger partial charge >= 0.3 is 0 Å². The van der Waals surface area contributed by atoms with E-state index in [1.54, 1.807) is 30.5 Å². The van der Waals surface area contributed by atoms with Gasteiger partial charge in [0, 0.05) is 39.4 Å². The van der Waals surface area contributed by atoms with E-state index in [1.807, 2.05) is 0 Å². The molecule has 0 radical (unpaired) electrons. The quantitative estimate of drug-likeness (QED) is 0.244. The van der Waals surface area contributed by atoms with Gasteiger partial charge < -0.3 is 25.2 Å². The number of phenols is 4. The standard InChI is InChI=1S/C32H23N3O8/c1-13-19(36)10-18-23(26(13)37)30(41)25-24(27(18)38)29(40)22-17(31(25)43-2)7-6-14-9-15-11-34-35(12-16-5-3-4-8-33-16)32(42)21(15)28(39)20(14)22/h3-5,8-11,36-37,39-40H,6-7,12H2,1-2H3. The molecule has 3 aromatic carbocycles. The molecule has 0 saturated carbocycles. The lowest BCUT2D eigenvalue weighted by molar-refractivity contribution is 0.0971. The average Bonchev–Trinajstić information content (AvgIpc) is 3.00. The fraction of sp³-hybridized carbons (Fsp3) is 0.156. The van der Waals surface area contributed by atoms with Crippen LogP contribution in [0, 0.1) is 6.92 Å². The highest BCUT2D eigenvalue weighted by Crippen LogP contribution is 2.54. The number of ether oxygens (including phenoxy) is 1. The van der Waals surface area contributed by atoms with Gasteiger partial charge in [-0.05, 0) is 49.6 Å². The molecule has 0 amide bonds. The Hall–Kier alpha value is -5.71. The van der Waals surface area contributed by atoms with E-state index in [-0.39, 0.29) is 63.0 Å². The lowest BCUT2D eigenvalue weighted by Gasteiger charge is -2.29. The first kappa shape index (κ1) is 26.2. The maximum atomic E-state index is 13.8. The van der Waals surface area contributed by atoms with Gasteiger partial charge in [0.1, 0.15) is 28.7 Å². The number of aryl methyl sites for hydroxylation is 1. The van der Waals surface area contributed by atoms with Crippen LogP contribution in [0.5, 0.6) is 28.7 Å². The molecule has 2 aliphatic rings. The van der Waals surface area contributed by atoms with Crippen molar-refractivity contribution >= 4 is 22.3 Å². The summed E-state index contributed by atoms with van der Waals surface area (Å²) in [6.45, 7) is 1.47. The van der Waals surface area contributed by atoms with Gasteiger partial charge in [-0.15, -0.1) is 0 Å². The molecule has 7 rings (SSSR count). The molecule has 0 fully saturated rings. The number of aromatic hydroxyl groups is 4. The number of carbonyl (C=O) groups excluding carboxylic acids is 2. The summed E-state index contributed by atoms with van der Waals surface area (Å²) in [6.07, 6.45) is 3.70. The molecule has 2 aromatic heterocycles. The van der Waals surface area contributed by atoms with Crippen LogP contribution < -0.4 is 10.3 Å². The molecule has 0 aliphatic heterocycles. The third-order valence-corrected chi connectivity index (χ3v) is 8.31. The molecule has 43 heavy (non-hydrogen) atoms. The number of pyridine rings is 1. The lowest BCUT2D eigenvalue weighted by Crippen LogP contribution is -2.25. The van der Waals surface area contributed by atoms with E-state index in [0.29, 0.717) is 28.6 Å². The number of methoxy groups -OCH3 is 1. The Labute approximate surface area is 242 Å². The van der Waals surface area contributed by atoms with E-state index in [2.05, 4.69) is 10.1 Å². The number of hydrogen-bond donors (Lipinski definition) is 4. The Balaban J connectivity index is 1.51. The van der Waals surface area contributed by atoms with Crippen molar-refractivity contribution in [2.45, 2.75) is 26.3 Å². The first-order valence-electron chi connectivity index (χ1n) is 13.4. The number of aromatic nitrogens is 3. The number of rotatable bonds is 3. The van der Waals surface area contributed by atoms with Gasteiger partial charge in [-0.1, -0.05) is 6.07 Å². The van der Waals surface area contributed by atoms with Gasteiger partial charge in [-0.25, -0.2) is 4.68 Å². The minimum Gasteiger partial charge on any atom is -0.508 e. The average molecular weight is 578 g/mol. The Bertz CT molecular complexity index is 2150. The summed E-state index contributed by atoms with van der Waals surface area (Å²) < 4.78 is 6.84. The van der Waals surface area contributed by atoms with Gasteiger partial charge in [0.25, 0.3) is 5.56 Å². The number of hydrogen-bond acceptors (Lipinski definition) is 10. The van der Waals surface area contributed by atoms with E-state index < -0.39 is 40.1 Å². The summed E-state index contributed by atoms with van der Waals surface area (Å²) in [6, 6.07) is 8.06. The number of carbonyl (C=O) groups is 2. The van der Waals surface area contributed by atoms with E-state index in [1.165, 1.54) is 24.9 Å². The van der Waals surface area contributed by atoms with Crippen molar-refractivity contribution in [2.24, 2.45) is 0 Å². The smallest absolute Gasteiger partial charge is 0.278 e. The van der Waals surface area contributed by atoms with Crippen LogP contribution in [0.4, 0.5) is 0 Å². The van der Waals surface area contributed by atoms with Crippen LogP contribution in [-0.2, 0) is 19.4 Å². The van der Waals surface area contributed by atoms with E-state index >= 15 is 0 Å². The highest BCUT2D eigenvalue weighted by Gasteiger charge is 2.42. The zero-order chi connectivity index (χ0) is 30.3. The fourth-order valence-electron chi connectivity index (χ4n) is 6.24. The maximum absolute atomic E-state index is 13.8. The Morgan fingerprint density at radius 1 is 0.884 bits per heavy atom. The van der Waals surface area contributed by atoms with E-state index in [9.17, 15) is 34.8 Å². The van der Waals surface area contributed by atoms with Crippen LogP contribution in [-0.4, -0.2) is 53.9 Å². The molecule has 214 valence electrons.